The topological polar surface area (TPSA) is 115 Å². The van der Waals surface area contributed by atoms with Crippen LogP contribution in [0.15, 0.2) is 16.8 Å². The highest BCUT2D eigenvalue weighted by atomic mass is 32.1. The lowest BCUT2D eigenvalue weighted by Crippen LogP contribution is -2.31. The molecule has 1 rings (SSSR count). The summed E-state index contributed by atoms with van der Waals surface area (Å²) in [5.41, 5.74) is 1.14. The van der Waals surface area contributed by atoms with E-state index in [1.165, 1.54) is 24.3 Å². The highest BCUT2D eigenvalue weighted by molar-refractivity contribution is 7.13. The van der Waals surface area contributed by atoms with Crippen molar-refractivity contribution in [3.05, 3.63) is 42.2 Å². The quantitative estimate of drug-likeness (QED) is 0.338. The molecule has 1 aromatic heterocycles. The number of nitro groups is 1. The summed E-state index contributed by atoms with van der Waals surface area (Å²) in [7, 11) is 0. The van der Waals surface area contributed by atoms with Crippen molar-refractivity contribution in [2.75, 3.05) is 6.54 Å². The number of nitroso groups, excluding NO2 is 1. The molecule has 0 spiro atoms. The van der Waals surface area contributed by atoms with E-state index in [0.29, 0.717) is 22.6 Å². The Balaban J connectivity index is 2.76. The number of rotatable bonds is 8. The van der Waals surface area contributed by atoms with Gasteiger partial charge in [0.15, 0.2) is 0 Å². The van der Waals surface area contributed by atoms with E-state index in [1.54, 1.807) is 20.8 Å². The average Bonchev–Trinajstić information content (AvgIpc) is 2.85. The Morgan fingerprint density at radius 3 is 2.61 bits per heavy atom. The first kappa shape index (κ1) is 18.9. The van der Waals surface area contributed by atoms with Gasteiger partial charge in [0.05, 0.1) is 10.7 Å². The van der Waals surface area contributed by atoms with Crippen molar-refractivity contribution in [1.82, 2.24) is 10.3 Å². The molecule has 0 bridgehead atoms. The Hall–Kier alpha value is -2.16. The van der Waals surface area contributed by atoms with Crippen molar-refractivity contribution in [1.29, 1.82) is 0 Å². The second-order valence-corrected chi connectivity index (χ2v) is 6.29. The van der Waals surface area contributed by atoms with Crippen LogP contribution in [0.3, 0.4) is 0 Å². The van der Waals surface area contributed by atoms with Gasteiger partial charge in [-0.2, -0.15) is 4.91 Å². The van der Waals surface area contributed by atoms with E-state index in [0.717, 1.165) is 5.01 Å². The van der Waals surface area contributed by atoms with Crippen LogP contribution in [0.4, 0.5) is 0 Å². The molecule has 1 amide bonds. The van der Waals surface area contributed by atoms with Crippen LogP contribution in [0.5, 0.6) is 0 Å². The average molecular weight is 340 g/mol. The van der Waals surface area contributed by atoms with Crippen LogP contribution < -0.4 is 5.32 Å². The minimum atomic E-state index is -0.883. The van der Waals surface area contributed by atoms with Gasteiger partial charge in [-0.3, -0.25) is 14.9 Å². The van der Waals surface area contributed by atoms with Crippen molar-refractivity contribution in [2.45, 2.75) is 46.2 Å². The molecule has 2 atom stereocenters. The van der Waals surface area contributed by atoms with Crippen LogP contribution >= 0.6 is 11.3 Å². The fraction of sp³-hybridized carbons (Fsp3) is 0.571. The molecule has 0 aliphatic carbocycles. The summed E-state index contributed by atoms with van der Waals surface area (Å²) in [5, 5.41) is 17.2. The van der Waals surface area contributed by atoms with Crippen molar-refractivity contribution >= 4 is 17.2 Å². The zero-order chi connectivity index (χ0) is 17.6. The van der Waals surface area contributed by atoms with Gasteiger partial charge in [-0.05, 0) is 26.3 Å². The zero-order valence-corrected chi connectivity index (χ0v) is 14.3. The lowest BCUT2D eigenvalue weighted by Gasteiger charge is -2.11. The van der Waals surface area contributed by atoms with E-state index in [1.807, 2.05) is 0 Å². The Labute approximate surface area is 138 Å². The second kappa shape index (κ2) is 8.47. The molecule has 0 radical (unpaired) electrons. The number of aryl methyl sites for hydroxylation is 2. The smallest absolute Gasteiger partial charge is 0.263 e. The summed E-state index contributed by atoms with van der Waals surface area (Å²) >= 11 is 1.27. The zero-order valence-electron chi connectivity index (χ0n) is 13.5. The first-order valence-electron chi connectivity index (χ1n) is 7.18. The van der Waals surface area contributed by atoms with Gasteiger partial charge in [0, 0.05) is 24.0 Å². The molecule has 0 aliphatic heterocycles. The van der Waals surface area contributed by atoms with Gasteiger partial charge in [0.2, 0.25) is 6.04 Å². The molecule has 0 saturated carbocycles. The maximum atomic E-state index is 12.1. The van der Waals surface area contributed by atoms with E-state index in [-0.39, 0.29) is 12.5 Å². The Kier molecular flexibility index (Phi) is 6.95. The van der Waals surface area contributed by atoms with Gasteiger partial charge in [-0.15, -0.1) is 11.3 Å². The molecule has 2 unspecified atom stereocenters. The van der Waals surface area contributed by atoms with Gasteiger partial charge in [0.1, 0.15) is 10.9 Å². The van der Waals surface area contributed by atoms with Crippen molar-refractivity contribution in [3.63, 3.8) is 0 Å². The normalized spacial score (nSPS) is 14.2. The summed E-state index contributed by atoms with van der Waals surface area (Å²) < 4.78 is 0. The predicted octanol–water partition coefficient (Wildman–Crippen LogP) is 2.63. The van der Waals surface area contributed by atoms with Crippen LogP contribution in [0, 0.1) is 28.9 Å². The number of amides is 1. The monoisotopic (exact) mass is 340 g/mol. The van der Waals surface area contributed by atoms with Crippen molar-refractivity contribution in [3.8, 4) is 0 Å². The van der Waals surface area contributed by atoms with Crippen molar-refractivity contribution < 1.29 is 9.72 Å². The van der Waals surface area contributed by atoms with Crippen molar-refractivity contribution in [2.24, 2.45) is 5.18 Å². The number of nitrogens with one attached hydrogen (secondary N) is 1. The maximum absolute atomic E-state index is 12.1. The third kappa shape index (κ3) is 5.20. The molecule has 23 heavy (non-hydrogen) atoms. The maximum Gasteiger partial charge on any atom is 0.263 e. The van der Waals surface area contributed by atoms with Crippen LogP contribution in [-0.2, 0) is 0 Å². The molecule has 0 saturated heterocycles. The van der Waals surface area contributed by atoms with Gasteiger partial charge < -0.3 is 5.32 Å². The summed E-state index contributed by atoms with van der Waals surface area (Å²) in [6, 6.07) is -1.73. The molecule has 1 N–H and O–H groups in total. The summed E-state index contributed by atoms with van der Waals surface area (Å²) in [5.74, 6) is -0.324. The Morgan fingerprint density at radius 1 is 1.52 bits per heavy atom. The molecular formula is C14H20N4O4S. The molecule has 1 heterocycles. The molecule has 9 heteroatoms. The number of nitrogens with zero attached hydrogens (tertiary/aromatic N) is 3. The van der Waals surface area contributed by atoms with E-state index in [2.05, 4.69) is 15.5 Å². The molecular weight excluding hydrogens is 320 g/mol. The minimum Gasteiger partial charge on any atom is -0.349 e. The fourth-order valence-electron chi connectivity index (χ4n) is 2.08. The first-order valence-corrected chi connectivity index (χ1v) is 8.00. The largest absolute Gasteiger partial charge is 0.349 e. The van der Waals surface area contributed by atoms with Gasteiger partial charge in [0.25, 0.3) is 5.91 Å². The van der Waals surface area contributed by atoms with E-state index in [9.17, 15) is 19.8 Å². The lowest BCUT2D eigenvalue weighted by molar-refractivity contribution is -0.508. The van der Waals surface area contributed by atoms with E-state index >= 15 is 0 Å². The standard InChI is InChI=1S/C14H20N4O4S/c1-5-11(9(3)18(21)22)6-12(17-20)7-15-14(19)13-8(2)16-10(4)23-13/h6,9,12H,5,7H2,1-4H3,(H,15,19). The molecule has 126 valence electrons. The van der Waals surface area contributed by atoms with Gasteiger partial charge >= 0.3 is 0 Å². The molecule has 0 aromatic carbocycles. The number of carbonyl (C=O) groups is 1. The highest BCUT2D eigenvalue weighted by Crippen LogP contribution is 2.17. The van der Waals surface area contributed by atoms with Gasteiger partial charge in [-0.25, -0.2) is 4.98 Å². The number of thiazole rings is 1. The van der Waals surface area contributed by atoms with Crippen LogP contribution in [0.2, 0.25) is 0 Å². The highest BCUT2D eigenvalue weighted by Gasteiger charge is 2.21. The van der Waals surface area contributed by atoms with Crippen LogP contribution in [0.25, 0.3) is 0 Å². The molecule has 8 nitrogen and oxygen atoms in total. The van der Waals surface area contributed by atoms with E-state index < -0.39 is 17.0 Å². The Bertz CT molecular complexity index is 626. The summed E-state index contributed by atoms with van der Waals surface area (Å²) in [4.78, 5) is 38.1. The SMILES string of the molecule is CCC(=CC(CNC(=O)c1sc(C)nc1C)N=O)C(C)[N+](=O)[O-]. The molecule has 1 aromatic rings. The van der Waals surface area contributed by atoms with Crippen LogP contribution in [0.1, 0.15) is 40.6 Å². The lowest BCUT2D eigenvalue weighted by atomic mass is 10.0. The number of carbonyl (C=O) groups excluding carboxylic acids is 1. The number of hydrogen-bond donors (Lipinski definition) is 1. The Morgan fingerprint density at radius 2 is 2.17 bits per heavy atom. The second-order valence-electron chi connectivity index (χ2n) is 5.09. The molecule has 0 fully saturated rings. The van der Waals surface area contributed by atoms with Gasteiger partial charge in [-0.1, -0.05) is 12.1 Å². The number of hydrogen-bond acceptors (Lipinski definition) is 7. The molecule has 0 aliphatic rings. The third-order valence-electron chi connectivity index (χ3n) is 3.38. The van der Waals surface area contributed by atoms with Crippen LogP contribution in [-0.4, -0.2) is 34.4 Å². The number of aromatic nitrogens is 1. The summed E-state index contributed by atoms with van der Waals surface area (Å²) in [6.45, 7) is 6.77. The summed E-state index contributed by atoms with van der Waals surface area (Å²) in [6.07, 6.45) is 1.90. The minimum absolute atomic E-state index is 0.00729. The van der Waals surface area contributed by atoms with E-state index in [4.69, 9.17) is 0 Å². The first-order chi connectivity index (χ1) is 10.8. The predicted molar refractivity (Wildman–Crippen MR) is 88.3 cm³/mol. The third-order valence-corrected chi connectivity index (χ3v) is 4.46. The fourth-order valence-corrected chi connectivity index (χ4v) is 2.92.